The largest absolute Gasteiger partial charge is 0.352 e. The minimum Gasteiger partial charge on any atom is -0.352 e. The maximum Gasteiger partial charge on any atom is 0.264 e. The van der Waals surface area contributed by atoms with Crippen LogP contribution in [-0.4, -0.2) is 47.2 Å². The summed E-state index contributed by atoms with van der Waals surface area (Å²) in [5, 5.41) is 10.7. The van der Waals surface area contributed by atoms with Gasteiger partial charge in [0.2, 0.25) is 0 Å². The summed E-state index contributed by atoms with van der Waals surface area (Å²) in [6.07, 6.45) is 3.37. The highest BCUT2D eigenvalue weighted by Gasteiger charge is 2.24. The van der Waals surface area contributed by atoms with Crippen LogP contribution < -0.4 is 4.90 Å². The predicted molar refractivity (Wildman–Crippen MR) is 86.5 cm³/mol. The van der Waals surface area contributed by atoms with Gasteiger partial charge in [0.25, 0.3) is 5.91 Å². The Balaban J connectivity index is 1.42. The van der Waals surface area contributed by atoms with Gasteiger partial charge in [0, 0.05) is 26.2 Å². The lowest BCUT2D eigenvalue weighted by Crippen LogP contribution is -2.49. The molecule has 0 unspecified atom stereocenters. The van der Waals surface area contributed by atoms with Crippen molar-refractivity contribution in [3.8, 4) is 0 Å². The second-order valence-corrected chi connectivity index (χ2v) is 6.73. The van der Waals surface area contributed by atoms with Gasteiger partial charge in [-0.15, -0.1) is 16.4 Å². The molecule has 0 spiro atoms. The minimum atomic E-state index is 0.148. The molecule has 1 amide bonds. The van der Waals surface area contributed by atoms with E-state index in [9.17, 15) is 4.79 Å². The number of rotatable bonds is 2. The van der Waals surface area contributed by atoms with Crippen LogP contribution in [0.2, 0.25) is 0 Å². The van der Waals surface area contributed by atoms with Gasteiger partial charge in [-0.05, 0) is 42.3 Å². The lowest BCUT2D eigenvalue weighted by molar-refractivity contribution is 0.0751. The maximum atomic E-state index is 12.3. The molecular formula is C16H18N4OS. The summed E-state index contributed by atoms with van der Waals surface area (Å²) < 4.78 is 0. The Hall–Kier alpha value is -1.95. The second kappa shape index (κ2) is 5.68. The third-order valence-electron chi connectivity index (χ3n) is 4.43. The number of anilines is 1. The standard InChI is InChI=1S/C16H18N4OS/c21-16(14-5-2-10-22-14)20-8-6-19(7-9-20)15-11-12-3-1-4-13(12)17-18-15/h2,5,10-11H,1,3-4,6-9H2. The number of nitrogens with zero attached hydrogens (tertiary/aromatic N) is 4. The van der Waals surface area contributed by atoms with Gasteiger partial charge in [-0.3, -0.25) is 4.79 Å². The molecule has 3 heterocycles. The number of aryl methyl sites for hydroxylation is 2. The van der Waals surface area contributed by atoms with Crippen LogP contribution in [0.15, 0.2) is 23.6 Å². The highest BCUT2D eigenvalue weighted by atomic mass is 32.1. The van der Waals surface area contributed by atoms with Crippen LogP contribution in [0.1, 0.15) is 27.3 Å². The van der Waals surface area contributed by atoms with Crippen molar-refractivity contribution in [1.82, 2.24) is 15.1 Å². The first-order valence-corrected chi connectivity index (χ1v) is 8.62. The van der Waals surface area contributed by atoms with E-state index >= 15 is 0 Å². The Morgan fingerprint density at radius 3 is 2.77 bits per heavy atom. The van der Waals surface area contributed by atoms with Crippen molar-refractivity contribution >= 4 is 23.1 Å². The number of aromatic nitrogens is 2. The van der Waals surface area contributed by atoms with Gasteiger partial charge >= 0.3 is 0 Å². The van der Waals surface area contributed by atoms with Gasteiger partial charge in [-0.1, -0.05) is 6.07 Å². The molecule has 0 aromatic carbocycles. The zero-order chi connectivity index (χ0) is 14.9. The summed E-state index contributed by atoms with van der Waals surface area (Å²) in [6.45, 7) is 3.14. The smallest absolute Gasteiger partial charge is 0.264 e. The average Bonchev–Trinajstić information content (AvgIpc) is 3.25. The monoisotopic (exact) mass is 314 g/mol. The van der Waals surface area contributed by atoms with Gasteiger partial charge in [-0.2, -0.15) is 5.10 Å². The first kappa shape index (κ1) is 13.7. The molecule has 6 heteroatoms. The number of piperazine rings is 1. The number of carbonyl (C=O) groups is 1. The zero-order valence-electron chi connectivity index (χ0n) is 12.4. The molecule has 5 nitrogen and oxygen atoms in total. The normalized spacial score (nSPS) is 17.6. The maximum absolute atomic E-state index is 12.3. The SMILES string of the molecule is O=C(c1cccs1)N1CCN(c2cc3c(nn2)CCC3)CC1. The molecule has 0 saturated carbocycles. The van der Waals surface area contributed by atoms with Gasteiger partial charge in [0.1, 0.15) is 0 Å². The topological polar surface area (TPSA) is 49.3 Å². The third-order valence-corrected chi connectivity index (χ3v) is 5.29. The van der Waals surface area contributed by atoms with Crippen LogP contribution in [0.3, 0.4) is 0 Å². The van der Waals surface area contributed by atoms with E-state index in [2.05, 4.69) is 21.2 Å². The van der Waals surface area contributed by atoms with Crippen molar-refractivity contribution < 1.29 is 4.79 Å². The van der Waals surface area contributed by atoms with E-state index in [1.807, 2.05) is 22.4 Å². The van der Waals surface area contributed by atoms with E-state index in [-0.39, 0.29) is 5.91 Å². The summed E-state index contributed by atoms with van der Waals surface area (Å²) in [4.78, 5) is 17.3. The molecule has 0 radical (unpaired) electrons. The van der Waals surface area contributed by atoms with Crippen LogP contribution in [-0.2, 0) is 12.8 Å². The quantitative estimate of drug-likeness (QED) is 0.850. The highest BCUT2D eigenvalue weighted by molar-refractivity contribution is 7.12. The Kier molecular flexibility index (Phi) is 3.54. The summed E-state index contributed by atoms with van der Waals surface area (Å²) in [5.74, 6) is 1.11. The molecule has 0 bridgehead atoms. The summed E-state index contributed by atoms with van der Waals surface area (Å²) in [7, 11) is 0. The van der Waals surface area contributed by atoms with E-state index in [0.717, 1.165) is 55.4 Å². The van der Waals surface area contributed by atoms with Crippen molar-refractivity contribution in [2.45, 2.75) is 19.3 Å². The van der Waals surface area contributed by atoms with Crippen LogP contribution in [0.4, 0.5) is 5.82 Å². The van der Waals surface area contributed by atoms with Crippen molar-refractivity contribution in [3.05, 3.63) is 39.7 Å². The molecule has 22 heavy (non-hydrogen) atoms. The number of fused-ring (bicyclic) bond motifs is 1. The summed E-state index contributed by atoms with van der Waals surface area (Å²) >= 11 is 1.51. The highest BCUT2D eigenvalue weighted by Crippen LogP contribution is 2.23. The lowest BCUT2D eigenvalue weighted by Gasteiger charge is -2.35. The van der Waals surface area contributed by atoms with Crippen molar-refractivity contribution in [3.63, 3.8) is 0 Å². The second-order valence-electron chi connectivity index (χ2n) is 5.78. The van der Waals surface area contributed by atoms with Crippen molar-refractivity contribution in [1.29, 1.82) is 0 Å². The number of amides is 1. The molecule has 2 aliphatic rings. The Bertz CT molecular complexity index is 677. The Morgan fingerprint density at radius 2 is 2.00 bits per heavy atom. The fourth-order valence-electron chi connectivity index (χ4n) is 3.17. The fourth-order valence-corrected chi connectivity index (χ4v) is 3.86. The van der Waals surface area contributed by atoms with Gasteiger partial charge < -0.3 is 9.80 Å². The first-order valence-electron chi connectivity index (χ1n) is 7.74. The molecule has 1 saturated heterocycles. The molecule has 2 aromatic heterocycles. The molecule has 114 valence electrons. The van der Waals surface area contributed by atoms with Gasteiger partial charge in [-0.25, -0.2) is 0 Å². The van der Waals surface area contributed by atoms with E-state index in [4.69, 9.17) is 0 Å². The molecule has 2 aromatic rings. The van der Waals surface area contributed by atoms with E-state index in [1.54, 1.807) is 0 Å². The number of thiophene rings is 1. The van der Waals surface area contributed by atoms with Crippen LogP contribution >= 0.6 is 11.3 Å². The first-order chi connectivity index (χ1) is 10.8. The Morgan fingerprint density at radius 1 is 1.14 bits per heavy atom. The zero-order valence-corrected chi connectivity index (χ0v) is 13.2. The van der Waals surface area contributed by atoms with Crippen LogP contribution in [0.25, 0.3) is 0 Å². The fraction of sp³-hybridized carbons (Fsp3) is 0.438. The number of hydrogen-bond donors (Lipinski definition) is 0. The van der Waals surface area contributed by atoms with Gasteiger partial charge in [0.05, 0.1) is 10.6 Å². The molecule has 0 N–H and O–H groups in total. The van der Waals surface area contributed by atoms with E-state index < -0.39 is 0 Å². The molecular weight excluding hydrogens is 296 g/mol. The predicted octanol–water partition coefficient (Wildman–Crippen LogP) is 1.99. The van der Waals surface area contributed by atoms with Crippen LogP contribution in [0.5, 0.6) is 0 Å². The van der Waals surface area contributed by atoms with E-state index in [1.165, 1.54) is 23.3 Å². The molecule has 1 fully saturated rings. The van der Waals surface area contributed by atoms with Crippen molar-refractivity contribution in [2.24, 2.45) is 0 Å². The number of carbonyl (C=O) groups excluding carboxylic acids is 1. The Labute approximate surface area is 133 Å². The van der Waals surface area contributed by atoms with Crippen molar-refractivity contribution in [2.75, 3.05) is 31.1 Å². The molecule has 1 aliphatic heterocycles. The van der Waals surface area contributed by atoms with Crippen LogP contribution in [0, 0.1) is 0 Å². The average molecular weight is 314 g/mol. The summed E-state index contributed by atoms with van der Waals surface area (Å²) in [6, 6.07) is 6.01. The number of hydrogen-bond acceptors (Lipinski definition) is 5. The molecule has 0 atom stereocenters. The third kappa shape index (κ3) is 2.47. The minimum absolute atomic E-state index is 0.148. The molecule has 1 aliphatic carbocycles. The van der Waals surface area contributed by atoms with Gasteiger partial charge in [0.15, 0.2) is 5.82 Å². The van der Waals surface area contributed by atoms with E-state index in [0.29, 0.717) is 0 Å². The summed E-state index contributed by atoms with van der Waals surface area (Å²) in [5.41, 5.74) is 2.51. The lowest BCUT2D eigenvalue weighted by atomic mass is 10.2. The molecule has 4 rings (SSSR count).